The lowest BCUT2D eigenvalue weighted by atomic mass is 10.2. The molecule has 4 heteroatoms. The van der Waals surface area contributed by atoms with E-state index in [-0.39, 0.29) is 18.5 Å². The Labute approximate surface area is 100 Å². The lowest BCUT2D eigenvalue weighted by Gasteiger charge is -2.12. The molecule has 0 amide bonds. The Kier molecular flexibility index (Phi) is 5.29. The number of carbonyl (C=O) groups is 1. The quantitative estimate of drug-likeness (QED) is 0.745. The minimum Gasteiger partial charge on any atom is -0.469 e. The third kappa shape index (κ3) is 4.21. The molecule has 0 radical (unpaired) electrons. The maximum absolute atomic E-state index is 11.0. The summed E-state index contributed by atoms with van der Waals surface area (Å²) in [5.41, 5.74) is 0.917. The summed E-state index contributed by atoms with van der Waals surface area (Å²) in [6.45, 7) is 2.23. The van der Waals surface area contributed by atoms with Crippen molar-refractivity contribution < 1.29 is 14.3 Å². The Morgan fingerprint density at radius 3 is 2.75 bits per heavy atom. The van der Waals surface area contributed by atoms with E-state index in [9.17, 15) is 4.79 Å². The fourth-order valence-corrected chi connectivity index (χ4v) is 1.41. The van der Waals surface area contributed by atoms with Crippen molar-refractivity contribution in [2.75, 3.05) is 7.11 Å². The Hall–Kier alpha value is -1.06. The molecule has 0 aromatic heterocycles. The molecule has 0 N–H and O–H groups in total. The molecular formula is C12H15ClO3. The number of benzene rings is 1. The van der Waals surface area contributed by atoms with Gasteiger partial charge in [-0.05, 0) is 18.6 Å². The molecule has 1 rings (SSSR count). The summed E-state index contributed by atoms with van der Waals surface area (Å²) >= 11 is 5.97. The van der Waals surface area contributed by atoms with Crippen LogP contribution >= 0.6 is 11.6 Å². The van der Waals surface area contributed by atoms with Gasteiger partial charge in [-0.3, -0.25) is 4.79 Å². The zero-order valence-corrected chi connectivity index (χ0v) is 10.2. The second-order valence-electron chi connectivity index (χ2n) is 3.49. The predicted octanol–water partition coefficient (Wildman–Crippen LogP) is 2.81. The summed E-state index contributed by atoms with van der Waals surface area (Å²) in [6, 6.07) is 7.47. The van der Waals surface area contributed by atoms with Gasteiger partial charge in [-0.1, -0.05) is 29.8 Å². The third-order valence-corrected chi connectivity index (χ3v) is 2.53. The lowest BCUT2D eigenvalue weighted by molar-refractivity contribution is -0.143. The second-order valence-corrected chi connectivity index (χ2v) is 3.90. The Balaban J connectivity index is 2.40. The average Bonchev–Trinajstić information content (AvgIpc) is 2.28. The number of methoxy groups -OCH3 is 1. The fraction of sp³-hybridized carbons (Fsp3) is 0.417. The topological polar surface area (TPSA) is 35.5 Å². The van der Waals surface area contributed by atoms with Gasteiger partial charge < -0.3 is 9.47 Å². The molecule has 0 aliphatic rings. The normalized spacial score (nSPS) is 12.2. The van der Waals surface area contributed by atoms with Crippen LogP contribution in [0.3, 0.4) is 0 Å². The van der Waals surface area contributed by atoms with Crippen LogP contribution in [0.4, 0.5) is 0 Å². The van der Waals surface area contributed by atoms with Gasteiger partial charge in [0.15, 0.2) is 0 Å². The van der Waals surface area contributed by atoms with Gasteiger partial charge in [-0.2, -0.15) is 0 Å². The highest BCUT2D eigenvalue weighted by molar-refractivity contribution is 6.31. The summed E-state index contributed by atoms with van der Waals surface area (Å²) in [4.78, 5) is 11.0. The SMILES string of the molecule is COC(=O)CC(C)OCc1ccccc1Cl. The third-order valence-electron chi connectivity index (χ3n) is 2.16. The molecule has 1 aromatic rings. The molecule has 1 atom stereocenters. The summed E-state index contributed by atoms with van der Waals surface area (Å²) in [6.07, 6.45) is 0.0738. The van der Waals surface area contributed by atoms with E-state index in [0.717, 1.165) is 5.56 Å². The number of esters is 1. The monoisotopic (exact) mass is 242 g/mol. The van der Waals surface area contributed by atoms with E-state index in [1.54, 1.807) is 0 Å². The van der Waals surface area contributed by atoms with Gasteiger partial charge in [-0.15, -0.1) is 0 Å². The molecule has 0 spiro atoms. The van der Waals surface area contributed by atoms with Crippen LogP contribution in [0.25, 0.3) is 0 Å². The molecule has 0 fully saturated rings. The van der Waals surface area contributed by atoms with Gasteiger partial charge in [0, 0.05) is 5.02 Å². The van der Waals surface area contributed by atoms with Crippen molar-refractivity contribution in [2.24, 2.45) is 0 Å². The first-order valence-corrected chi connectivity index (χ1v) is 5.43. The maximum Gasteiger partial charge on any atom is 0.308 e. The zero-order chi connectivity index (χ0) is 12.0. The minimum absolute atomic E-state index is 0.177. The molecule has 1 aromatic carbocycles. The van der Waals surface area contributed by atoms with E-state index in [1.807, 2.05) is 31.2 Å². The van der Waals surface area contributed by atoms with Crippen molar-refractivity contribution in [3.8, 4) is 0 Å². The van der Waals surface area contributed by atoms with Crippen molar-refractivity contribution in [1.82, 2.24) is 0 Å². The summed E-state index contributed by atoms with van der Waals surface area (Å²) < 4.78 is 10.0. The molecule has 0 saturated heterocycles. The van der Waals surface area contributed by atoms with Crippen molar-refractivity contribution in [3.63, 3.8) is 0 Å². The summed E-state index contributed by atoms with van der Waals surface area (Å²) in [5.74, 6) is -0.272. The standard InChI is InChI=1S/C12H15ClO3/c1-9(7-12(14)15-2)16-8-10-5-3-4-6-11(10)13/h3-6,9H,7-8H2,1-2H3. The Bertz CT molecular complexity index is 352. The number of carbonyl (C=O) groups excluding carboxylic acids is 1. The molecule has 0 saturated carbocycles. The van der Waals surface area contributed by atoms with Gasteiger partial charge in [0.25, 0.3) is 0 Å². The van der Waals surface area contributed by atoms with Crippen molar-refractivity contribution in [1.29, 1.82) is 0 Å². The number of hydrogen-bond donors (Lipinski definition) is 0. The van der Waals surface area contributed by atoms with Crippen LogP contribution < -0.4 is 0 Å². The number of rotatable bonds is 5. The molecule has 1 unspecified atom stereocenters. The van der Waals surface area contributed by atoms with Crippen LogP contribution in [0.2, 0.25) is 5.02 Å². The predicted molar refractivity (Wildman–Crippen MR) is 62.3 cm³/mol. The summed E-state index contributed by atoms with van der Waals surface area (Å²) in [7, 11) is 1.36. The highest BCUT2D eigenvalue weighted by Gasteiger charge is 2.10. The Morgan fingerprint density at radius 1 is 1.44 bits per heavy atom. The van der Waals surface area contributed by atoms with Crippen LogP contribution in [0.5, 0.6) is 0 Å². The van der Waals surface area contributed by atoms with Gasteiger partial charge >= 0.3 is 5.97 Å². The molecule has 3 nitrogen and oxygen atoms in total. The minimum atomic E-state index is -0.272. The largest absolute Gasteiger partial charge is 0.469 e. The van der Waals surface area contributed by atoms with Crippen molar-refractivity contribution in [2.45, 2.75) is 26.1 Å². The average molecular weight is 243 g/mol. The molecule has 0 heterocycles. The zero-order valence-electron chi connectivity index (χ0n) is 9.40. The number of halogens is 1. The first kappa shape index (κ1) is 13.0. The Morgan fingerprint density at radius 2 is 2.12 bits per heavy atom. The van der Waals surface area contributed by atoms with E-state index in [4.69, 9.17) is 16.3 Å². The van der Waals surface area contributed by atoms with E-state index < -0.39 is 0 Å². The first-order chi connectivity index (χ1) is 7.63. The highest BCUT2D eigenvalue weighted by atomic mass is 35.5. The molecular weight excluding hydrogens is 228 g/mol. The summed E-state index contributed by atoms with van der Waals surface area (Å²) in [5, 5.41) is 0.674. The molecule has 88 valence electrons. The van der Waals surface area contributed by atoms with Crippen molar-refractivity contribution >= 4 is 17.6 Å². The van der Waals surface area contributed by atoms with E-state index >= 15 is 0 Å². The van der Waals surface area contributed by atoms with Gasteiger partial charge in [0.2, 0.25) is 0 Å². The van der Waals surface area contributed by atoms with Gasteiger partial charge in [0.1, 0.15) is 0 Å². The van der Waals surface area contributed by atoms with Crippen LogP contribution in [0.1, 0.15) is 18.9 Å². The molecule has 16 heavy (non-hydrogen) atoms. The smallest absolute Gasteiger partial charge is 0.308 e. The number of hydrogen-bond acceptors (Lipinski definition) is 3. The van der Waals surface area contributed by atoms with E-state index in [0.29, 0.717) is 11.6 Å². The lowest BCUT2D eigenvalue weighted by Crippen LogP contribution is -2.15. The van der Waals surface area contributed by atoms with Crippen LogP contribution in [0, 0.1) is 0 Å². The second kappa shape index (κ2) is 6.51. The fourth-order valence-electron chi connectivity index (χ4n) is 1.22. The molecule has 0 aliphatic heterocycles. The van der Waals surface area contributed by atoms with E-state index in [2.05, 4.69) is 4.74 Å². The first-order valence-electron chi connectivity index (χ1n) is 5.05. The van der Waals surface area contributed by atoms with Gasteiger partial charge in [-0.25, -0.2) is 0 Å². The van der Waals surface area contributed by atoms with Crippen LogP contribution in [-0.2, 0) is 20.9 Å². The maximum atomic E-state index is 11.0. The van der Waals surface area contributed by atoms with Crippen LogP contribution in [0.15, 0.2) is 24.3 Å². The van der Waals surface area contributed by atoms with Gasteiger partial charge in [0.05, 0.1) is 26.2 Å². The molecule has 0 aliphatic carbocycles. The van der Waals surface area contributed by atoms with Crippen LogP contribution in [-0.4, -0.2) is 19.2 Å². The highest BCUT2D eigenvalue weighted by Crippen LogP contribution is 2.16. The van der Waals surface area contributed by atoms with E-state index in [1.165, 1.54) is 7.11 Å². The number of ether oxygens (including phenoxy) is 2. The van der Waals surface area contributed by atoms with Crippen molar-refractivity contribution in [3.05, 3.63) is 34.9 Å². The molecule has 0 bridgehead atoms.